The number of nitrogens with zero attached hydrogens (tertiary/aromatic N) is 1. The average molecular weight is 445 g/mol. The highest BCUT2D eigenvalue weighted by Gasteiger charge is 2.37. The SMILES string of the molecule is O=C1CCCN1[C@@H](c1ccc(F)cc1)[C@H](OCCCC(F)(F)F)c1ccc(F)c(F)c1. The lowest BCUT2D eigenvalue weighted by atomic mass is 9.94. The molecule has 31 heavy (non-hydrogen) atoms. The Morgan fingerprint density at radius 2 is 1.65 bits per heavy atom. The van der Waals surface area contributed by atoms with Crippen molar-refractivity contribution in [2.24, 2.45) is 0 Å². The van der Waals surface area contributed by atoms with E-state index in [0.29, 0.717) is 18.5 Å². The topological polar surface area (TPSA) is 29.5 Å². The fraction of sp³-hybridized carbons (Fsp3) is 0.409. The van der Waals surface area contributed by atoms with E-state index in [1.807, 2.05) is 0 Å². The Morgan fingerprint density at radius 1 is 0.968 bits per heavy atom. The Bertz CT molecular complexity index is 900. The van der Waals surface area contributed by atoms with Gasteiger partial charge in [-0.05, 0) is 48.2 Å². The Hall–Kier alpha value is -2.55. The van der Waals surface area contributed by atoms with Gasteiger partial charge >= 0.3 is 6.18 Å². The van der Waals surface area contributed by atoms with Crippen molar-refractivity contribution in [2.45, 2.75) is 44.0 Å². The Morgan fingerprint density at radius 3 is 2.23 bits per heavy atom. The molecule has 0 aromatic heterocycles. The normalized spacial score (nSPS) is 16.6. The number of alkyl halides is 3. The van der Waals surface area contributed by atoms with Gasteiger partial charge in [-0.1, -0.05) is 18.2 Å². The van der Waals surface area contributed by atoms with Crippen LogP contribution in [0.1, 0.15) is 49.0 Å². The summed E-state index contributed by atoms with van der Waals surface area (Å²) in [6, 6.07) is 7.49. The van der Waals surface area contributed by atoms with Crippen molar-refractivity contribution < 1.29 is 35.9 Å². The van der Waals surface area contributed by atoms with Crippen molar-refractivity contribution in [1.29, 1.82) is 0 Å². The van der Waals surface area contributed by atoms with Crippen LogP contribution in [0.5, 0.6) is 0 Å². The molecule has 0 bridgehead atoms. The summed E-state index contributed by atoms with van der Waals surface area (Å²) in [5.41, 5.74) is 0.641. The van der Waals surface area contributed by atoms with Crippen molar-refractivity contribution in [3.8, 4) is 0 Å². The van der Waals surface area contributed by atoms with Gasteiger partial charge in [0.1, 0.15) is 11.9 Å². The number of hydrogen-bond acceptors (Lipinski definition) is 2. The number of amides is 1. The molecule has 0 radical (unpaired) electrons. The van der Waals surface area contributed by atoms with Gasteiger partial charge in [0.05, 0.1) is 6.04 Å². The van der Waals surface area contributed by atoms with Gasteiger partial charge in [-0.25, -0.2) is 13.2 Å². The molecule has 1 amide bonds. The summed E-state index contributed by atoms with van der Waals surface area (Å²) in [5.74, 6) is -2.95. The van der Waals surface area contributed by atoms with Crippen molar-refractivity contribution in [2.75, 3.05) is 13.2 Å². The zero-order chi connectivity index (χ0) is 22.6. The first kappa shape index (κ1) is 23.1. The summed E-state index contributed by atoms with van der Waals surface area (Å²) < 4.78 is 84.2. The molecule has 168 valence electrons. The molecule has 1 fully saturated rings. The molecule has 0 aliphatic carbocycles. The smallest absolute Gasteiger partial charge is 0.371 e. The number of rotatable bonds is 8. The van der Waals surface area contributed by atoms with Crippen LogP contribution in [0.4, 0.5) is 26.3 Å². The molecule has 0 spiro atoms. The largest absolute Gasteiger partial charge is 0.389 e. The van der Waals surface area contributed by atoms with Gasteiger partial charge in [0.15, 0.2) is 11.6 Å². The molecule has 0 unspecified atom stereocenters. The van der Waals surface area contributed by atoms with Crippen molar-refractivity contribution >= 4 is 5.91 Å². The summed E-state index contributed by atoms with van der Waals surface area (Å²) in [6.07, 6.45) is -6.00. The van der Waals surface area contributed by atoms with E-state index in [0.717, 1.165) is 12.1 Å². The van der Waals surface area contributed by atoms with Crippen LogP contribution in [-0.4, -0.2) is 30.1 Å². The number of carbonyl (C=O) groups is 1. The van der Waals surface area contributed by atoms with Crippen LogP contribution in [0.15, 0.2) is 42.5 Å². The predicted molar refractivity (Wildman–Crippen MR) is 100 cm³/mol. The van der Waals surface area contributed by atoms with Gasteiger partial charge < -0.3 is 9.64 Å². The quantitative estimate of drug-likeness (QED) is 0.376. The van der Waals surface area contributed by atoms with E-state index in [2.05, 4.69) is 0 Å². The highest BCUT2D eigenvalue weighted by molar-refractivity contribution is 5.78. The second-order valence-electron chi connectivity index (χ2n) is 7.37. The summed E-state index contributed by atoms with van der Waals surface area (Å²) in [6.45, 7) is 0.0376. The molecule has 0 N–H and O–H groups in total. The first-order chi connectivity index (χ1) is 14.7. The Labute approximate surface area is 175 Å². The molecular weight excluding hydrogens is 424 g/mol. The number of ether oxygens (including phenoxy) is 1. The van der Waals surface area contributed by atoms with Crippen LogP contribution in [0.2, 0.25) is 0 Å². The molecule has 2 aromatic carbocycles. The second kappa shape index (κ2) is 9.72. The number of halogens is 6. The zero-order valence-corrected chi connectivity index (χ0v) is 16.5. The third-order valence-corrected chi connectivity index (χ3v) is 5.12. The van der Waals surface area contributed by atoms with E-state index >= 15 is 0 Å². The van der Waals surface area contributed by atoms with E-state index in [1.165, 1.54) is 35.2 Å². The molecule has 1 aliphatic rings. The summed E-state index contributed by atoms with van der Waals surface area (Å²) >= 11 is 0. The van der Waals surface area contributed by atoms with Gasteiger partial charge in [-0.3, -0.25) is 4.79 Å². The Balaban J connectivity index is 1.97. The van der Waals surface area contributed by atoms with Crippen molar-refractivity contribution in [3.63, 3.8) is 0 Å². The van der Waals surface area contributed by atoms with E-state index in [9.17, 15) is 31.1 Å². The van der Waals surface area contributed by atoms with Crippen LogP contribution in [-0.2, 0) is 9.53 Å². The summed E-state index contributed by atoms with van der Waals surface area (Å²) in [4.78, 5) is 14.0. The van der Waals surface area contributed by atoms with E-state index < -0.39 is 42.2 Å². The summed E-state index contributed by atoms with van der Waals surface area (Å²) in [5, 5.41) is 0. The lowest BCUT2D eigenvalue weighted by Crippen LogP contribution is -2.35. The molecule has 3 nitrogen and oxygen atoms in total. The average Bonchev–Trinajstić information content (AvgIpc) is 3.12. The molecule has 2 aromatic rings. The van der Waals surface area contributed by atoms with Gasteiger partial charge in [-0.15, -0.1) is 0 Å². The standard InChI is InChI=1S/C22H21F6NO2/c23-16-7-4-14(5-8-16)20(29-11-1-3-19(29)30)21(31-12-2-10-22(26,27)28)15-6-9-17(24)18(25)13-15/h4-9,13,20-21H,1-3,10-12H2/t20-,21+/m0/s1. The highest BCUT2D eigenvalue weighted by Crippen LogP contribution is 2.40. The minimum atomic E-state index is -4.36. The van der Waals surface area contributed by atoms with Gasteiger partial charge in [0.2, 0.25) is 5.91 Å². The first-order valence-electron chi connectivity index (χ1n) is 9.84. The highest BCUT2D eigenvalue weighted by atomic mass is 19.4. The molecule has 2 atom stereocenters. The number of likely N-dealkylation sites (tertiary alicyclic amines) is 1. The maximum Gasteiger partial charge on any atom is 0.389 e. The van der Waals surface area contributed by atoms with Crippen LogP contribution in [0, 0.1) is 17.5 Å². The molecule has 0 saturated carbocycles. The van der Waals surface area contributed by atoms with Crippen LogP contribution in [0.25, 0.3) is 0 Å². The van der Waals surface area contributed by atoms with Gasteiger partial charge in [0, 0.05) is 26.0 Å². The first-order valence-corrected chi connectivity index (χ1v) is 9.84. The fourth-order valence-corrected chi connectivity index (χ4v) is 3.68. The van der Waals surface area contributed by atoms with Crippen molar-refractivity contribution in [3.05, 3.63) is 71.0 Å². The van der Waals surface area contributed by atoms with E-state index in [4.69, 9.17) is 4.74 Å². The number of carbonyl (C=O) groups excluding carboxylic acids is 1. The monoisotopic (exact) mass is 445 g/mol. The van der Waals surface area contributed by atoms with E-state index in [-0.39, 0.29) is 30.9 Å². The van der Waals surface area contributed by atoms with Crippen LogP contribution < -0.4 is 0 Å². The minimum Gasteiger partial charge on any atom is -0.371 e. The minimum absolute atomic E-state index is 0.167. The third-order valence-electron chi connectivity index (χ3n) is 5.12. The Kier molecular flexibility index (Phi) is 7.25. The second-order valence-corrected chi connectivity index (χ2v) is 7.37. The maximum atomic E-state index is 13.9. The maximum absolute atomic E-state index is 13.9. The van der Waals surface area contributed by atoms with Crippen LogP contribution in [0.3, 0.4) is 0 Å². The van der Waals surface area contributed by atoms with Crippen molar-refractivity contribution in [1.82, 2.24) is 4.90 Å². The third kappa shape index (κ3) is 6.00. The molecule has 1 saturated heterocycles. The summed E-state index contributed by atoms with van der Waals surface area (Å²) in [7, 11) is 0. The van der Waals surface area contributed by atoms with Gasteiger partial charge in [-0.2, -0.15) is 13.2 Å². The lowest BCUT2D eigenvalue weighted by molar-refractivity contribution is -0.141. The molecule has 1 heterocycles. The predicted octanol–water partition coefficient (Wildman–Crippen LogP) is 5.87. The molecule has 9 heteroatoms. The zero-order valence-electron chi connectivity index (χ0n) is 16.5. The lowest BCUT2D eigenvalue weighted by Gasteiger charge is -2.35. The van der Waals surface area contributed by atoms with E-state index in [1.54, 1.807) is 0 Å². The molecule has 1 aliphatic heterocycles. The fourth-order valence-electron chi connectivity index (χ4n) is 3.68. The number of benzene rings is 2. The molecule has 3 rings (SSSR count). The van der Waals surface area contributed by atoms with Gasteiger partial charge in [0.25, 0.3) is 0 Å². The van der Waals surface area contributed by atoms with Crippen LogP contribution >= 0.6 is 0 Å². The molecular formula is C22H21F6NO2. The number of hydrogen-bond donors (Lipinski definition) is 0.